The van der Waals surface area contributed by atoms with Crippen LogP contribution in [0.5, 0.6) is 0 Å². The van der Waals surface area contributed by atoms with Crippen molar-refractivity contribution in [3.05, 3.63) is 0 Å². The van der Waals surface area contributed by atoms with E-state index in [-0.39, 0.29) is 0 Å². The summed E-state index contributed by atoms with van der Waals surface area (Å²) in [5.41, 5.74) is 0. The van der Waals surface area contributed by atoms with Crippen LogP contribution in [0.1, 0.15) is 19.8 Å². The molecule has 0 unspecified atom stereocenters. The first-order chi connectivity index (χ1) is 4.56. The normalized spacial score (nSPS) is 11.8. The first kappa shape index (κ1) is 9.87. The fourth-order valence-electron chi connectivity index (χ4n) is 0.411. The average molecular weight is 168 g/mol. The maximum Gasteiger partial charge on any atom is 0.289 e. The lowest BCUT2D eigenvalue weighted by atomic mass is 10.4. The topological polar surface area (TPSA) is 63.6 Å². The highest BCUT2D eigenvalue weighted by Crippen LogP contribution is 1.90. The van der Waals surface area contributed by atoms with E-state index >= 15 is 0 Å². The van der Waals surface area contributed by atoms with Gasteiger partial charge in [-0.2, -0.15) is 8.42 Å². The zero-order valence-corrected chi connectivity index (χ0v) is 6.73. The lowest BCUT2D eigenvalue weighted by Crippen LogP contribution is -2.08. The highest BCUT2D eigenvalue weighted by molar-refractivity contribution is 7.85. The van der Waals surface area contributed by atoms with Gasteiger partial charge in [-0.05, 0) is 6.42 Å². The predicted octanol–water partition coefficient (Wildman–Crippen LogP) is 0.648. The second-order valence-electron chi connectivity index (χ2n) is 1.96. The van der Waals surface area contributed by atoms with E-state index in [1.54, 1.807) is 0 Å². The quantitative estimate of drug-likeness (QED) is 0.483. The number of hydrogen-bond acceptors (Lipinski definition) is 3. The van der Waals surface area contributed by atoms with Crippen LogP contribution in [-0.2, 0) is 14.9 Å². The molecule has 0 saturated heterocycles. The fourth-order valence-corrected chi connectivity index (χ4v) is 0.739. The highest BCUT2D eigenvalue weighted by atomic mass is 32.2. The van der Waals surface area contributed by atoms with Gasteiger partial charge in [-0.15, -0.1) is 0 Å². The van der Waals surface area contributed by atoms with Crippen molar-refractivity contribution in [3.8, 4) is 0 Å². The maximum absolute atomic E-state index is 10.0. The van der Waals surface area contributed by atoms with Gasteiger partial charge in [0.15, 0.2) is 5.94 Å². The fraction of sp³-hybridized carbons (Fsp3) is 1.00. The minimum Gasteiger partial charge on any atom is -0.363 e. The molecule has 5 heteroatoms. The molecule has 0 heterocycles. The van der Waals surface area contributed by atoms with E-state index in [9.17, 15) is 8.42 Å². The largest absolute Gasteiger partial charge is 0.363 e. The van der Waals surface area contributed by atoms with E-state index in [2.05, 4.69) is 4.74 Å². The molecule has 10 heavy (non-hydrogen) atoms. The van der Waals surface area contributed by atoms with Crippen LogP contribution < -0.4 is 0 Å². The molecule has 0 aliphatic rings. The molecule has 0 bridgehead atoms. The molecule has 62 valence electrons. The zero-order valence-electron chi connectivity index (χ0n) is 5.91. The van der Waals surface area contributed by atoms with Gasteiger partial charge in [0, 0.05) is 6.61 Å². The van der Waals surface area contributed by atoms with Crippen LogP contribution in [-0.4, -0.2) is 25.5 Å². The van der Waals surface area contributed by atoms with Gasteiger partial charge in [0.25, 0.3) is 10.1 Å². The van der Waals surface area contributed by atoms with Gasteiger partial charge in [0.1, 0.15) is 0 Å². The van der Waals surface area contributed by atoms with Crippen molar-refractivity contribution in [2.75, 3.05) is 12.5 Å². The Balaban J connectivity index is 3.21. The van der Waals surface area contributed by atoms with Crippen LogP contribution in [0.4, 0.5) is 0 Å². The molecule has 0 spiro atoms. The third kappa shape index (κ3) is 7.87. The highest BCUT2D eigenvalue weighted by Gasteiger charge is 2.01. The van der Waals surface area contributed by atoms with E-state index in [0.29, 0.717) is 6.61 Å². The van der Waals surface area contributed by atoms with Crippen LogP contribution in [0, 0.1) is 0 Å². The molecule has 4 nitrogen and oxygen atoms in total. The summed E-state index contributed by atoms with van der Waals surface area (Å²) < 4.78 is 32.8. The summed E-state index contributed by atoms with van der Waals surface area (Å²) >= 11 is 0. The van der Waals surface area contributed by atoms with Crippen molar-refractivity contribution in [1.29, 1.82) is 0 Å². The van der Waals surface area contributed by atoms with Crippen LogP contribution in [0.2, 0.25) is 0 Å². The molecule has 0 amide bonds. The minimum absolute atomic E-state index is 0.385. The van der Waals surface area contributed by atoms with Crippen LogP contribution in [0.3, 0.4) is 0 Å². The summed E-state index contributed by atoms with van der Waals surface area (Å²) in [5.74, 6) is -0.590. The number of unbranched alkanes of at least 4 members (excludes halogenated alkanes) is 1. The SMILES string of the molecule is CCCCOCS(=O)(=O)O. The van der Waals surface area contributed by atoms with E-state index in [0.717, 1.165) is 12.8 Å². The molecule has 0 aromatic heterocycles. The van der Waals surface area contributed by atoms with Crippen molar-refractivity contribution < 1.29 is 17.7 Å². The predicted molar refractivity (Wildman–Crippen MR) is 37.3 cm³/mol. The minimum atomic E-state index is -3.93. The van der Waals surface area contributed by atoms with E-state index in [1.165, 1.54) is 0 Å². The van der Waals surface area contributed by atoms with Crippen molar-refractivity contribution in [2.45, 2.75) is 19.8 Å². The van der Waals surface area contributed by atoms with Crippen molar-refractivity contribution >= 4 is 10.1 Å². The molecule has 0 aliphatic heterocycles. The first-order valence-electron chi connectivity index (χ1n) is 3.09. The molecule has 0 saturated carbocycles. The number of ether oxygens (including phenoxy) is 1. The molecule has 0 aliphatic carbocycles. The standard InChI is InChI=1S/C5H12O4S/c1-2-3-4-9-5-10(6,7)8/h2-5H2,1H3,(H,6,7,8). The Hall–Kier alpha value is -0.130. The second kappa shape index (κ2) is 4.65. The smallest absolute Gasteiger partial charge is 0.289 e. The zero-order chi connectivity index (χ0) is 8.04. The Morgan fingerprint density at radius 2 is 2.10 bits per heavy atom. The van der Waals surface area contributed by atoms with Gasteiger partial charge < -0.3 is 4.74 Å². The van der Waals surface area contributed by atoms with Gasteiger partial charge in [-0.25, -0.2) is 0 Å². The molecule has 0 rings (SSSR count). The third-order valence-electron chi connectivity index (χ3n) is 0.874. The van der Waals surface area contributed by atoms with Crippen LogP contribution >= 0.6 is 0 Å². The van der Waals surface area contributed by atoms with Crippen LogP contribution in [0.15, 0.2) is 0 Å². The third-order valence-corrected chi connectivity index (χ3v) is 1.34. The van der Waals surface area contributed by atoms with E-state index < -0.39 is 16.1 Å². The molecular weight excluding hydrogens is 156 g/mol. The molecule has 0 aromatic carbocycles. The molecule has 0 atom stereocenters. The van der Waals surface area contributed by atoms with Gasteiger partial charge in [0.2, 0.25) is 0 Å². The molecule has 1 N–H and O–H groups in total. The lowest BCUT2D eigenvalue weighted by molar-refractivity contribution is 0.167. The van der Waals surface area contributed by atoms with E-state index in [1.807, 2.05) is 6.92 Å². The van der Waals surface area contributed by atoms with Crippen molar-refractivity contribution in [1.82, 2.24) is 0 Å². The lowest BCUT2D eigenvalue weighted by Gasteiger charge is -1.98. The number of hydrogen-bond donors (Lipinski definition) is 1. The molecular formula is C5H12O4S. The summed E-state index contributed by atoms with van der Waals surface area (Å²) in [6.45, 7) is 2.35. The Labute approximate surface area is 60.9 Å². The van der Waals surface area contributed by atoms with Gasteiger partial charge in [-0.1, -0.05) is 13.3 Å². The summed E-state index contributed by atoms with van der Waals surface area (Å²) in [6, 6.07) is 0. The van der Waals surface area contributed by atoms with Gasteiger partial charge in [0.05, 0.1) is 0 Å². The summed E-state index contributed by atoms with van der Waals surface area (Å²) in [7, 11) is -3.93. The Bertz CT molecular complexity index is 160. The Morgan fingerprint density at radius 1 is 1.50 bits per heavy atom. The van der Waals surface area contributed by atoms with Crippen LogP contribution in [0.25, 0.3) is 0 Å². The molecule has 0 radical (unpaired) electrons. The first-order valence-corrected chi connectivity index (χ1v) is 4.70. The van der Waals surface area contributed by atoms with Gasteiger partial charge >= 0.3 is 0 Å². The summed E-state index contributed by atoms with van der Waals surface area (Å²) in [6.07, 6.45) is 1.76. The second-order valence-corrected chi connectivity index (χ2v) is 3.36. The maximum atomic E-state index is 10.0. The molecule has 0 fully saturated rings. The number of rotatable bonds is 5. The Kier molecular flexibility index (Phi) is 4.59. The van der Waals surface area contributed by atoms with Crippen molar-refractivity contribution in [2.24, 2.45) is 0 Å². The van der Waals surface area contributed by atoms with Crippen molar-refractivity contribution in [3.63, 3.8) is 0 Å². The van der Waals surface area contributed by atoms with Gasteiger partial charge in [-0.3, -0.25) is 4.55 Å². The summed E-state index contributed by atoms with van der Waals surface area (Å²) in [4.78, 5) is 0. The average Bonchev–Trinajstić information content (AvgIpc) is 1.78. The summed E-state index contributed by atoms with van der Waals surface area (Å²) in [5, 5.41) is 0. The monoisotopic (exact) mass is 168 g/mol. The molecule has 0 aromatic rings. The Morgan fingerprint density at radius 3 is 2.50 bits per heavy atom. The van der Waals surface area contributed by atoms with E-state index in [4.69, 9.17) is 4.55 Å².